The molecule has 0 fully saturated rings. The van der Waals surface area contributed by atoms with Crippen LogP contribution in [0.1, 0.15) is 22.3 Å². The molecule has 0 amide bonds. The first kappa shape index (κ1) is 40.8. The molecule has 12 aromatic rings. The molecular formula is C69H46N2. The van der Waals surface area contributed by atoms with Gasteiger partial charge in [-0.15, -0.1) is 0 Å². The Morgan fingerprint density at radius 2 is 0.507 bits per heavy atom. The highest BCUT2D eigenvalue weighted by Gasteiger charge is 2.51. The van der Waals surface area contributed by atoms with Gasteiger partial charge in [0.25, 0.3) is 0 Å². The van der Waals surface area contributed by atoms with Crippen LogP contribution in [0, 0.1) is 0 Å². The van der Waals surface area contributed by atoms with Gasteiger partial charge in [0.2, 0.25) is 0 Å². The van der Waals surface area contributed by atoms with Crippen LogP contribution in [-0.4, -0.2) is 0 Å². The average Bonchev–Trinajstić information content (AvgIpc) is 3.91. The summed E-state index contributed by atoms with van der Waals surface area (Å²) in [5.41, 5.74) is 21.6. The van der Waals surface area contributed by atoms with Crippen LogP contribution < -0.4 is 9.80 Å². The molecule has 0 radical (unpaired) electrons. The summed E-state index contributed by atoms with van der Waals surface area (Å²) in [7, 11) is 0. The number of nitrogens with zero attached hydrogens (tertiary/aromatic N) is 2. The second kappa shape index (κ2) is 16.5. The Labute approximate surface area is 414 Å². The Hall–Kier alpha value is -9.24. The van der Waals surface area contributed by atoms with Crippen molar-refractivity contribution in [2.45, 2.75) is 5.41 Å². The summed E-state index contributed by atoms with van der Waals surface area (Å²) < 4.78 is 0. The third-order valence-corrected chi connectivity index (χ3v) is 15.0. The normalized spacial score (nSPS) is 12.6. The van der Waals surface area contributed by atoms with Gasteiger partial charge >= 0.3 is 0 Å². The van der Waals surface area contributed by atoms with Gasteiger partial charge in [-0.25, -0.2) is 0 Å². The van der Waals surface area contributed by atoms with Crippen molar-refractivity contribution in [2.75, 3.05) is 9.80 Å². The monoisotopic (exact) mass is 902 g/mol. The van der Waals surface area contributed by atoms with Crippen molar-refractivity contribution in [3.63, 3.8) is 0 Å². The van der Waals surface area contributed by atoms with Crippen molar-refractivity contribution >= 4 is 55.7 Å². The van der Waals surface area contributed by atoms with Crippen molar-refractivity contribution < 1.29 is 0 Å². The lowest BCUT2D eigenvalue weighted by atomic mass is 9.70. The van der Waals surface area contributed by atoms with E-state index in [0.29, 0.717) is 0 Å². The van der Waals surface area contributed by atoms with Crippen LogP contribution in [0.25, 0.3) is 66.1 Å². The lowest BCUT2D eigenvalue weighted by Crippen LogP contribution is -2.26. The zero-order chi connectivity index (χ0) is 46.9. The second-order valence-corrected chi connectivity index (χ2v) is 18.9. The van der Waals surface area contributed by atoms with Gasteiger partial charge in [-0.1, -0.05) is 206 Å². The Morgan fingerprint density at radius 3 is 0.972 bits per heavy atom. The Kier molecular flexibility index (Phi) is 9.47. The van der Waals surface area contributed by atoms with E-state index >= 15 is 0 Å². The van der Waals surface area contributed by atoms with Crippen LogP contribution >= 0.6 is 0 Å². The summed E-state index contributed by atoms with van der Waals surface area (Å²) in [6.45, 7) is 0. The summed E-state index contributed by atoms with van der Waals surface area (Å²) in [5.74, 6) is 0. The Bertz CT molecular complexity index is 3840. The van der Waals surface area contributed by atoms with Crippen LogP contribution in [0.4, 0.5) is 34.1 Å². The number of fused-ring (bicyclic) bond motifs is 12. The molecule has 12 aromatic carbocycles. The van der Waals surface area contributed by atoms with Crippen molar-refractivity contribution in [3.05, 3.63) is 301 Å². The maximum Gasteiger partial charge on any atom is 0.0726 e. The molecule has 2 aliphatic carbocycles. The third kappa shape index (κ3) is 6.57. The van der Waals surface area contributed by atoms with Crippen LogP contribution in [-0.2, 0) is 5.41 Å². The molecule has 14 rings (SSSR count). The molecule has 332 valence electrons. The van der Waals surface area contributed by atoms with Crippen LogP contribution in [0.15, 0.2) is 279 Å². The molecule has 2 nitrogen and oxygen atoms in total. The maximum atomic E-state index is 2.46. The topological polar surface area (TPSA) is 6.48 Å². The highest BCUT2D eigenvalue weighted by Crippen LogP contribution is 2.63. The lowest BCUT2D eigenvalue weighted by Gasteiger charge is -2.32. The highest BCUT2D eigenvalue weighted by molar-refractivity contribution is 5.97. The molecule has 0 N–H and O–H groups in total. The Balaban J connectivity index is 0.786. The van der Waals surface area contributed by atoms with Gasteiger partial charge < -0.3 is 9.80 Å². The minimum atomic E-state index is -0.411. The molecule has 1 spiro atoms. The molecule has 71 heavy (non-hydrogen) atoms. The number of benzene rings is 12. The van der Waals surface area contributed by atoms with Crippen molar-refractivity contribution in [3.8, 4) is 44.5 Å². The van der Waals surface area contributed by atoms with E-state index in [1.807, 2.05) is 0 Å². The average molecular weight is 903 g/mol. The fourth-order valence-electron chi connectivity index (χ4n) is 11.8. The highest BCUT2D eigenvalue weighted by atomic mass is 15.1. The van der Waals surface area contributed by atoms with Gasteiger partial charge in [-0.2, -0.15) is 0 Å². The molecule has 0 unspecified atom stereocenters. The molecule has 0 heterocycles. The van der Waals surface area contributed by atoms with E-state index in [2.05, 4.69) is 289 Å². The number of anilines is 6. The predicted molar refractivity (Wildman–Crippen MR) is 298 cm³/mol. The molecule has 0 saturated heterocycles. The molecule has 0 aliphatic heterocycles. The van der Waals surface area contributed by atoms with Gasteiger partial charge in [0.1, 0.15) is 0 Å². The standard InChI is InChI=1S/C69H46N2/c1-2-18-55(19-3-1)70(60-42-43-64-63-22-10-13-25-67(63)69(68(64)46-60)65-23-11-8-20-61(65)62-21-9-12-24-66(62)69)56-36-30-51(31-37-56)49-26-28-50(29-27-49)52-32-38-57(39-33-52)71(58-40-34-47-14-4-6-16-53(47)44-58)59-41-35-48-15-5-7-17-54(48)45-59/h1-46H. The van der Waals surface area contributed by atoms with E-state index in [0.717, 1.165) is 34.1 Å². The maximum absolute atomic E-state index is 2.46. The molecule has 0 saturated carbocycles. The van der Waals surface area contributed by atoms with Gasteiger partial charge in [-0.3, -0.25) is 0 Å². The van der Waals surface area contributed by atoms with E-state index in [1.165, 1.54) is 88.3 Å². The summed E-state index contributed by atoms with van der Waals surface area (Å²) >= 11 is 0. The number of rotatable bonds is 8. The number of hydrogen-bond donors (Lipinski definition) is 0. The zero-order valence-electron chi connectivity index (χ0n) is 39.0. The van der Waals surface area contributed by atoms with E-state index in [1.54, 1.807) is 0 Å². The first-order valence-corrected chi connectivity index (χ1v) is 24.6. The molecule has 0 bridgehead atoms. The van der Waals surface area contributed by atoms with Crippen LogP contribution in [0.3, 0.4) is 0 Å². The summed E-state index contributed by atoms with van der Waals surface area (Å²) in [4.78, 5) is 4.77. The quantitative estimate of drug-likeness (QED) is 0.150. The van der Waals surface area contributed by atoms with E-state index in [4.69, 9.17) is 0 Å². The SMILES string of the molecule is c1ccc(N(c2ccc(-c3ccc(-c4ccc(N(c5ccc6ccccc6c5)c5ccc6ccccc6c5)cc4)cc3)cc2)c2ccc3c(c2)C2(c4ccccc4-c4ccccc42)c2ccccc2-3)cc1. The molecule has 0 atom stereocenters. The lowest BCUT2D eigenvalue weighted by molar-refractivity contribution is 0.793. The first-order chi connectivity index (χ1) is 35.2. The van der Waals surface area contributed by atoms with Crippen LogP contribution in [0.5, 0.6) is 0 Å². The van der Waals surface area contributed by atoms with E-state index < -0.39 is 5.41 Å². The summed E-state index contributed by atoms with van der Waals surface area (Å²) in [5, 5.41) is 4.90. The molecular weight excluding hydrogens is 857 g/mol. The van der Waals surface area contributed by atoms with E-state index in [-0.39, 0.29) is 0 Å². The smallest absolute Gasteiger partial charge is 0.0726 e. The second-order valence-electron chi connectivity index (χ2n) is 18.9. The predicted octanol–water partition coefficient (Wildman–Crippen LogP) is 18.6. The van der Waals surface area contributed by atoms with Crippen molar-refractivity contribution in [1.29, 1.82) is 0 Å². The van der Waals surface area contributed by atoms with Crippen molar-refractivity contribution in [1.82, 2.24) is 0 Å². The van der Waals surface area contributed by atoms with Gasteiger partial charge in [-0.05, 0) is 161 Å². The molecule has 0 aromatic heterocycles. The fraction of sp³-hybridized carbons (Fsp3) is 0.0145. The molecule has 2 heteroatoms. The van der Waals surface area contributed by atoms with Gasteiger partial charge in [0, 0.05) is 34.1 Å². The number of para-hydroxylation sites is 1. The minimum absolute atomic E-state index is 0.411. The summed E-state index contributed by atoms with van der Waals surface area (Å²) in [6.07, 6.45) is 0. The zero-order valence-corrected chi connectivity index (χ0v) is 39.0. The third-order valence-electron chi connectivity index (χ3n) is 15.0. The minimum Gasteiger partial charge on any atom is -0.310 e. The molecule has 2 aliphatic rings. The van der Waals surface area contributed by atoms with E-state index in [9.17, 15) is 0 Å². The van der Waals surface area contributed by atoms with Crippen LogP contribution in [0.2, 0.25) is 0 Å². The van der Waals surface area contributed by atoms with Crippen molar-refractivity contribution in [2.24, 2.45) is 0 Å². The first-order valence-electron chi connectivity index (χ1n) is 24.6. The van der Waals surface area contributed by atoms with Gasteiger partial charge in [0.05, 0.1) is 5.41 Å². The largest absolute Gasteiger partial charge is 0.310 e. The fourth-order valence-corrected chi connectivity index (χ4v) is 11.8. The van der Waals surface area contributed by atoms with Gasteiger partial charge in [0.15, 0.2) is 0 Å². The Morgan fingerprint density at radius 1 is 0.197 bits per heavy atom. The summed E-state index contributed by atoms with van der Waals surface area (Å²) in [6, 6.07) is 103. The number of hydrogen-bond acceptors (Lipinski definition) is 2.